The lowest BCUT2D eigenvalue weighted by atomic mass is 10.0. The number of para-hydroxylation sites is 1. The van der Waals surface area contributed by atoms with E-state index in [9.17, 15) is 19.7 Å². The van der Waals surface area contributed by atoms with Crippen molar-refractivity contribution in [1.82, 2.24) is 0 Å². The monoisotopic (exact) mass is 409 g/mol. The Balaban J connectivity index is 1.69. The van der Waals surface area contributed by atoms with Gasteiger partial charge in [-0.05, 0) is 36.5 Å². The summed E-state index contributed by atoms with van der Waals surface area (Å²) < 4.78 is 5.82. The molecule has 8 heteroatoms. The molecule has 0 aromatic heterocycles. The number of fused-ring (bicyclic) bond motifs is 2. The highest BCUT2D eigenvalue weighted by Gasteiger charge is 2.39. The standard InChI is InChI=1S/C22H23N3O5/c1-14(2)21-22(27)24(18-12-16(25(28)29)9-10-19(18)30-21)13-20(26)23-11-5-7-15-6-3-4-8-17(15)23/h3-4,6,8-10,12,14,21H,5,7,11,13H2,1-2H3. The number of non-ortho nitro benzene ring substituents is 1. The first-order valence-electron chi connectivity index (χ1n) is 10.0. The molecule has 0 bridgehead atoms. The molecule has 1 unspecified atom stereocenters. The molecule has 0 aliphatic carbocycles. The maximum Gasteiger partial charge on any atom is 0.271 e. The van der Waals surface area contributed by atoms with Gasteiger partial charge in [-0.3, -0.25) is 24.6 Å². The molecular weight excluding hydrogens is 386 g/mol. The third-order valence-corrected chi connectivity index (χ3v) is 5.52. The van der Waals surface area contributed by atoms with Crippen molar-refractivity contribution in [2.24, 2.45) is 5.92 Å². The zero-order valence-electron chi connectivity index (χ0n) is 16.9. The number of nitro benzene ring substituents is 1. The second-order valence-electron chi connectivity index (χ2n) is 7.89. The summed E-state index contributed by atoms with van der Waals surface area (Å²) in [6, 6.07) is 11.9. The summed E-state index contributed by atoms with van der Waals surface area (Å²) in [5, 5.41) is 11.2. The molecule has 2 aliphatic heterocycles. The molecule has 2 aromatic rings. The zero-order chi connectivity index (χ0) is 21.4. The van der Waals surface area contributed by atoms with Crippen LogP contribution in [0, 0.1) is 16.0 Å². The fourth-order valence-electron chi connectivity index (χ4n) is 3.99. The Hall–Kier alpha value is -3.42. The van der Waals surface area contributed by atoms with Crippen molar-refractivity contribution in [2.75, 3.05) is 22.9 Å². The van der Waals surface area contributed by atoms with Crippen molar-refractivity contribution in [3.63, 3.8) is 0 Å². The third-order valence-electron chi connectivity index (χ3n) is 5.52. The van der Waals surface area contributed by atoms with Crippen LogP contribution in [0.1, 0.15) is 25.8 Å². The Bertz CT molecular complexity index is 1020. The number of rotatable bonds is 4. The number of ether oxygens (including phenoxy) is 1. The Morgan fingerprint density at radius 1 is 1.23 bits per heavy atom. The van der Waals surface area contributed by atoms with E-state index in [2.05, 4.69) is 0 Å². The van der Waals surface area contributed by atoms with Gasteiger partial charge in [0.05, 0.1) is 10.6 Å². The first-order valence-corrected chi connectivity index (χ1v) is 10.0. The van der Waals surface area contributed by atoms with Crippen molar-refractivity contribution in [2.45, 2.75) is 32.8 Å². The van der Waals surface area contributed by atoms with Gasteiger partial charge in [0.1, 0.15) is 12.3 Å². The van der Waals surface area contributed by atoms with Crippen LogP contribution in [0.5, 0.6) is 5.75 Å². The minimum Gasteiger partial charge on any atom is -0.478 e. The Labute approximate surface area is 174 Å². The van der Waals surface area contributed by atoms with Crippen LogP contribution in [0.15, 0.2) is 42.5 Å². The summed E-state index contributed by atoms with van der Waals surface area (Å²) in [7, 11) is 0. The smallest absolute Gasteiger partial charge is 0.271 e. The first-order chi connectivity index (χ1) is 14.4. The SMILES string of the molecule is CC(C)C1Oc2ccc([N+](=O)[O-])cc2N(CC(=O)N2CCCc3ccccc32)C1=O. The summed E-state index contributed by atoms with van der Waals surface area (Å²) in [6.07, 6.45) is 0.998. The van der Waals surface area contributed by atoms with Crippen LogP contribution in [-0.4, -0.2) is 35.9 Å². The highest BCUT2D eigenvalue weighted by atomic mass is 16.6. The number of carbonyl (C=O) groups is 2. The molecule has 0 N–H and O–H groups in total. The van der Waals surface area contributed by atoms with Crippen molar-refractivity contribution < 1.29 is 19.2 Å². The predicted molar refractivity (Wildman–Crippen MR) is 112 cm³/mol. The number of hydrogen-bond acceptors (Lipinski definition) is 5. The minimum absolute atomic E-state index is 0.117. The largest absolute Gasteiger partial charge is 0.478 e. The number of nitro groups is 1. The van der Waals surface area contributed by atoms with Crippen molar-refractivity contribution in [3.8, 4) is 5.75 Å². The van der Waals surface area contributed by atoms with Crippen LogP contribution < -0.4 is 14.5 Å². The third kappa shape index (κ3) is 3.49. The average Bonchev–Trinajstić information content (AvgIpc) is 2.74. The molecular formula is C22H23N3O5. The molecule has 2 aromatic carbocycles. The molecule has 0 saturated carbocycles. The van der Waals surface area contributed by atoms with E-state index in [0.29, 0.717) is 12.3 Å². The Morgan fingerprint density at radius 3 is 2.73 bits per heavy atom. The molecule has 156 valence electrons. The number of carbonyl (C=O) groups excluding carboxylic acids is 2. The molecule has 0 fully saturated rings. The second kappa shape index (κ2) is 7.78. The van der Waals surface area contributed by atoms with Gasteiger partial charge in [0.15, 0.2) is 6.10 Å². The lowest BCUT2D eigenvalue weighted by Crippen LogP contribution is -2.52. The van der Waals surface area contributed by atoms with Crippen LogP contribution in [0.3, 0.4) is 0 Å². The van der Waals surface area contributed by atoms with Crippen LogP contribution in [-0.2, 0) is 16.0 Å². The molecule has 1 atom stereocenters. The number of benzene rings is 2. The Morgan fingerprint density at radius 2 is 2.00 bits per heavy atom. The Kier molecular flexibility index (Phi) is 5.15. The molecule has 4 rings (SSSR count). The quantitative estimate of drug-likeness (QED) is 0.570. The van der Waals surface area contributed by atoms with Crippen molar-refractivity contribution >= 4 is 28.9 Å². The molecule has 30 heavy (non-hydrogen) atoms. The van der Waals surface area contributed by atoms with Gasteiger partial charge < -0.3 is 9.64 Å². The van der Waals surface area contributed by atoms with Gasteiger partial charge in [-0.15, -0.1) is 0 Å². The number of nitrogens with zero attached hydrogens (tertiary/aromatic N) is 3. The van der Waals surface area contributed by atoms with Crippen LogP contribution in [0.25, 0.3) is 0 Å². The summed E-state index contributed by atoms with van der Waals surface area (Å²) in [5.74, 6) is -0.339. The summed E-state index contributed by atoms with van der Waals surface area (Å²) in [6.45, 7) is 4.09. The molecule has 2 amide bonds. The van der Waals surface area contributed by atoms with Gasteiger partial charge in [-0.25, -0.2) is 0 Å². The van der Waals surface area contributed by atoms with E-state index >= 15 is 0 Å². The zero-order valence-corrected chi connectivity index (χ0v) is 16.9. The summed E-state index contributed by atoms with van der Waals surface area (Å²) in [5.41, 5.74) is 2.05. The lowest BCUT2D eigenvalue weighted by molar-refractivity contribution is -0.384. The van der Waals surface area contributed by atoms with Crippen molar-refractivity contribution in [1.29, 1.82) is 0 Å². The second-order valence-corrected chi connectivity index (χ2v) is 7.89. The normalized spacial score (nSPS) is 18.0. The van der Waals surface area contributed by atoms with Gasteiger partial charge in [0.2, 0.25) is 5.91 Å². The van der Waals surface area contributed by atoms with E-state index in [1.165, 1.54) is 23.1 Å². The fraction of sp³-hybridized carbons (Fsp3) is 0.364. The fourth-order valence-corrected chi connectivity index (χ4v) is 3.99. The van der Waals surface area contributed by atoms with Gasteiger partial charge in [-0.2, -0.15) is 0 Å². The van der Waals surface area contributed by atoms with Crippen LogP contribution in [0.4, 0.5) is 17.1 Å². The highest BCUT2D eigenvalue weighted by Crippen LogP contribution is 2.38. The maximum atomic E-state index is 13.2. The first kappa shape index (κ1) is 19.9. The summed E-state index contributed by atoms with van der Waals surface area (Å²) in [4.78, 5) is 40.1. The van der Waals surface area contributed by atoms with Crippen molar-refractivity contribution in [3.05, 3.63) is 58.1 Å². The molecule has 2 aliphatic rings. The highest BCUT2D eigenvalue weighted by molar-refractivity contribution is 6.07. The lowest BCUT2D eigenvalue weighted by Gasteiger charge is -2.37. The van der Waals surface area contributed by atoms with Gasteiger partial charge in [0.25, 0.3) is 11.6 Å². The molecule has 2 heterocycles. The number of hydrogen-bond donors (Lipinski definition) is 0. The maximum absolute atomic E-state index is 13.2. The van der Waals surface area contributed by atoms with E-state index in [1.807, 2.05) is 38.1 Å². The average molecular weight is 409 g/mol. The van der Waals surface area contributed by atoms with E-state index in [4.69, 9.17) is 4.74 Å². The predicted octanol–water partition coefficient (Wildman–Crippen LogP) is 3.32. The molecule has 0 spiro atoms. The van der Waals surface area contributed by atoms with Gasteiger partial charge in [0, 0.05) is 24.4 Å². The van der Waals surface area contributed by atoms with E-state index in [-0.39, 0.29) is 35.7 Å². The number of aryl methyl sites for hydroxylation is 1. The van der Waals surface area contributed by atoms with E-state index < -0.39 is 11.0 Å². The molecule has 8 nitrogen and oxygen atoms in total. The van der Waals surface area contributed by atoms with Crippen LogP contribution >= 0.6 is 0 Å². The van der Waals surface area contributed by atoms with Crippen LogP contribution in [0.2, 0.25) is 0 Å². The van der Waals surface area contributed by atoms with E-state index in [1.54, 1.807) is 4.90 Å². The number of anilines is 2. The molecule has 0 saturated heterocycles. The molecule has 0 radical (unpaired) electrons. The van der Waals surface area contributed by atoms with Gasteiger partial charge >= 0.3 is 0 Å². The topological polar surface area (TPSA) is 93.0 Å². The van der Waals surface area contributed by atoms with E-state index in [0.717, 1.165) is 24.1 Å². The minimum atomic E-state index is -0.750. The number of amides is 2. The summed E-state index contributed by atoms with van der Waals surface area (Å²) >= 11 is 0. The van der Waals surface area contributed by atoms with Gasteiger partial charge in [-0.1, -0.05) is 32.0 Å².